The molecule has 0 saturated heterocycles. The van der Waals surface area contributed by atoms with Crippen molar-refractivity contribution in [3.8, 4) is 5.95 Å². The number of halogens is 1. The van der Waals surface area contributed by atoms with Crippen molar-refractivity contribution in [2.75, 3.05) is 0 Å². The van der Waals surface area contributed by atoms with Crippen molar-refractivity contribution in [3.63, 3.8) is 0 Å². The van der Waals surface area contributed by atoms with Gasteiger partial charge in [-0.05, 0) is 45.0 Å². The molecule has 138 valence electrons. The summed E-state index contributed by atoms with van der Waals surface area (Å²) in [5.41, 5.74) is 2.34. The van der Waals surface area contributed by atoms with E-state index in [1.54, 1.807) is 0 Å². The third-order valence-electron chi connectivity index (χ3n) is 4.07. The number of carbonyl (C=O) groups is 1. The van der Waals surface area contributed by atoms with Gasteiger partial charge in [-0.15, -0.1) is 11.6 Å². The second kappa shape index (κ2) is 6.39. The summed E-state index contributed by atoms with van der Waals surface area (Å²) in [7, 11) is 0. The molecule has 0 bridgehead atoms. The van der Waals surface area contributed by atoms with E-state index in [0.717, 1.165) is 11.0 Å². The zero-order chi connectivity index (χ0) is 19.2. The fraction of sp³-hybridized carbons (Fsp3) is 0.250. The lowest BCUT2D eigenvalue weighted by molar-refractivity contribution is 0.0543. The van der Waals surface area contributed by atoms with Crippen molar-refractivity contribution >= 4 is 39.8 Å². The number of carbonyl (C=O) groups excluding carboxylic acids is 1. The molecule has 0 N–H and O–H groups in total. The average Bonchev–Trinajstić information content (AvgIpc) is 3.17. The predicted octanol–water partition coefficient (Wildman–Crippen LogP) is 4.90. The number of alkyl halides is 1. The molecule has 2 heterocycles. The standard InChI is InChI=1S/C20H19ClN4O2/c1-20(2,3)27-19(26)25-16-11-7-5-9-14(16)23-18(25)24-15-10-6-4-8-13(15)22-17(24)12-21/h4-11H,12H2,1-3H3. The van der Waals surface area contributed by atoms with Crippen molar-refractivity contribution in [3.05, 3.63) is 54.4 Å². The summed E-state index contributed by atoms with van der Waals surface area (Å²) in [5, 5.41) is 0. The number of rotatable bonds is 2. The molecule has 6 nitrogen and oxygen atoms in total. The molecule has 4 aromatic rings. The lowest BCUT2D eigenvalue weighted by Crippen LogP contribution is -2.28. The quantitative estimate of drug-likeness (QED) is 0.463. The summed E-state index contributed by atoms with van der Waals surface area (Å²) in [5.74, 6) is 1.21. The van der Waals surface area contributed by atoms with Gasteiger partial charge in [0.25, 0.3) is 0 Å². The highest BCUT2D eigenvalue weighted by atomic mass is 35.5. The highest BCUT2D eigenvalue weighted by Crippen LogP contribution is 2.26. The Morgan fingerprint density at radius 3 is 2.22 bits per heavy atom. The molecule has 27 heavy (non-hydrogen) atoms. The van der Waals surface area contributed by atoms with Crippen LogP contribution in [0.15, 0.2) is 48.5 Å². The summed E-state index contributed by atoms with van der Waals surface area (Å²) in [4.78, 5) is 22.3. The van der Waals surface area contributed by atoms with E-state index in [2.05, 4.69) is 4.98 Å². The van der Waals surface area contributed by atoms with E-state index < -0.39 is 11.7 Å². The minimum Gasteiger partial charge on any atom is -0.443 e. The van der Waals surface area contributed by atoms with Gasteiger partial charge >= 0.3 is 6.09 Å². The fourth-order valence-electron chi connectivity index (χ4n) is 3.04. The molecule has 2 aromatic carbocycles. The van der Waals surface area contributed by atoms with E-state index in [-0.39, 0.29) is 5.88 Å². The molecule has 0 amide bonds. The number of imidazole rings is 2. The lowest BCUT2D eigenvalue weighted by atomic mass is 10.2. The number of ether oxygens (including phenoxy) is 1. The molecule has 2 aromatic heterocycles. The topological polar surface area (TPSA) is 61.9 Å². The van der Waals surface area contributed by atoms with Crippen LogP contribution in [-0.4, -0.2) is 30.8 Å². The van der Waals surface area contributed by atoms with Crippen LogP contribution >= 0.6 is 11.6 Å². The summed E-state index contributed by atoms with van der Waals surface area (Å²) in [6, 6.07) is 15.1. The first kappa shape index (κ1) is 17.5. The van der Waals surface area contributed by atoms with Crippen molar-refractivity contribution in [2.24, 2.45) is 0 Å². The van der Waals surface area contributed by atoms with E-state index in [1.165, 1.54) is 4.57 Å². The maximum Gasteiger partial charge on any atom is 0.421 e. The van der Waals surface area contributed by atoms with E-state index in [0.29, 0.717) is 22.8 Å². The minimum atomic E-state index is -0.633. The molecule has 4 rings (SSSR count). The molecule has 0 radical (unpaired) electrons. The van der Waals surface area contributed by atoms with Crippen LogP contribution < -0.4 is 0 Å². The summed E-state index contributed by atoms with van der Waals surface area (Å²) >= 11 is 6.15. The van der Waals surface area contributed by atoms with Crippen molar-refractivity contribution in [2.45, 2.75) is 32.3 Å². The van der Waals surface area contributed by atoms with E-state index in [1.807, 2.05) is 73.9 Å². The van der Waals surface area contributed by atoms with Crippen molar-refractivity contribution in [1.29, 1.82) is 0 Å². The SMILES string of the molecule is CC(C)(C)OC(=O)n1c(-n2c(CCl)nc3ccccc32)nc2ccccc21. The largest absolute Gasteiger partial charge is 0.443 e. The molecule has 0 fully saturated rings. The van der Waals surface area contributed by atoms with Crippen LogP contribution in [0.2, 0.25) is 0 Å². The van der Waals surface area contributed by atoms with Gasteiger partial charge in [-0.25, -0.2) is 19.3 Å². The predicted molar refractivity (Wildman–Crippen MR) is 106 cm³/mol. The molecule has 0 atom stereocenters. The normalized spacial score (nSPS) is 12.0. The second-order valence-electron chi connectivity index (χ2n) is 7.20. The monoisotopic (exact) mass is 382 g/mol. The number of para-hydroxylation sites is 4. The van der Waals surface area contributed by atoms with Crippen molar-refractivity contribution < 1.29 is 9.53 Å². The Morgan fingerprint density at radius 1 is 1.00 bits per heavy atom. The van der Waals surface area contributed by atoms with Crippen LogP contribution in [0.4, 0.5) is 4.79 Å². The van der Waals surface area contributed by atoms with Crippen LogP contribution in [0.1, 0.15) is 26.6 Å². The lowest BCUT2D eigenvalue weighted by Gasteiger charge is -2.20. The molecular weight excluding hydrogens is 364 g/mol. The Bertz CT molecular complexity index is 1150. The first-order valence-corrected chi connectivity index (χ1v) is 9.16. The molecule has 0 saturated carbocycles. The van der Waals surface area contributed by atoms with Crippen LogP contribution in [0.3, 0.4) is 0 Å². The molecule has 7 heteroatoms. The Balaban J connectivity index is 2.03. The number of aromatic nitrogens is 4. The summed E-state index contributed by atoms with van der Waals surface area (Å²) < 4.78 is 8.92. The Labute approximate surface area is 161 Å². The molecular formula is C20H19ClN4O2. The van der Waals surface area contributed by atoms with Crippen LogP contribution in [-0.2, 0) is 10.6 Å². The summed E-state index contributed by atoms with van der Waals surface area (Å²) in [6.07, 6.45) is -0.496. The fourth-order valence-corrected chi connectivity index (χ4v) is 3.22. The first-order chi connectivity index (χ1) is 12.9. The number of nitrogens with zero attached hydrogens (tertiary/aromatic N) is 4. The minimum absolute atomic E-state index is 0.187. The van der Waals surface area contributed by atoms with E-state index >= 15 is 0 Å². The van der Waals surface area contributed by atoms with Gasteiger partial charge in [0.05, 0.1) is 27.9 Å². The molecule has 0 spiro atoms. The van der Waals surface area contributed by atoms with Crippen LogP contribution in [0.25, 0.3) is 28.0 Å². The highest BCUT2D eigenvalue weighted by molar-refractivity contribution is 6.17. The van der Waals surface area contributed by atoms with Gasteiger partial charge in [-0.3, -0.25) is 4.57 Å². The number of hydrogen-bond donors (Lipinski definition) is 0. The van der Waals surface area contributed by atoms with Gasteiger partial charge in [0, 0.05) is 0 Å². The maximum absolute atomic E-state index is 13.0. The third kappa shape index (κ3) is 3.06. The van der Waals surface area contributed by atoms with Gasteiger partial charge < -0.3 is 4.74 Å². The zero-order valence-corrected chi connectivity index (χ0v) is 16.1. The molecule has 0 aliphatic rings. The number of benzene rings is 2. The van der Waals surface area contributed by atoms with E-state index in [4.69, 9.17) is 21.3 Å². The van der Waals surface area contributed by atoms with Gasteiger partial charge in [0.15, 0.2) is 0 Å². The highest BCUT2D eigenvalue weighted by Gasteiger charge is 2.26. The number of fused-ring (bicyclic) bond motifs is 2. The van der Waals surface area contributed by atoms with Crippen molar-refractivity contribution in [1.82, 2.24) is 19.1 Å². The molecule has 0 unspecified atom stereocenters. The average molecular weight is 383 g/mol. The third-order valence-corrected chi connectivity index (χ3v) is 4.31. The Morgan fingerprint density at radius 2 is 1.59 bits per heavy atom. The molecule has 0 aliphatic carbocycles. The Hall–Kier alpha value is -2.86. The Kier molecular flexibility index (Phi) is 4.15. The van der Waals surface area contributed by atoms with Crippen LogP contribution in [0, 0.1) is 0 Å². The summed E-state index contributed by atoms with van der Waals surface area (Å²) in [6.45, 7) is 5.50. The van der Waals surface area contributed by atoms with Crippen LogP contribution in [0.5, 0.6) is 0 Å². The zero-order valence-electron chi connectivity index (χ0n) is 15.3. The molecule has 0 aliphatic heterocycles. The smallest absolute Gasteiger partial charge is 0.421 e. The first-order valence-electron chi connectivity index (χ1n) is 8.62. The maximum atomic E-state index is 13.0. The van der Waals surface area contributed by atoms with E-state index in [9.17, 15) is 4.79 Å². The van der Waals surface area contributed by atoms with Gasteiger partial charge in [-0.2, -0.15) is 0 Å². The second-order valence-corrected chi connectivity index (χ2v) is 7.47. The van der Waals surface area contributed by atoms with Gasteiger partial charge in [0.1, 0.15) is 11.4 Å². The van der Waals surface area contributed by atoms with Gasteiger partial charge in [-0.1, -0.05) is 24.3 Å². The number of hydrogen-bond acceptors (Lipinski definition) is 4. The van der Waals surface area contributed by atoms with Gasteiger partial charge in [0.2, 0.25) is 5.95 Å².